The zero-order chi connectivity index (χ0) is 17.9. The molecule has 3 aliphatic rings. The fraction of sp³-hybridized carbons (Fsp3) is 0.632. The standard InChI is InChI=1S/C19H24BrIN2OS/c1-17(2)11-19(23-16(22)25-17)15-9-13(20)4-3-12(15)10-18(19)7-5-14(24-21)6-8-18/h3-4,9,14H,5-8,10-11H2,1-2H3,(H2,22,23). The van der Waals surface area contributed by atoms with E-state index in [1.807, 2.05) is 0 Å². The fourth-order valence-corrected chi connectivity index (χ4v) is 7.27. The molecule has 1 aromatic rings. The summed E-state index contributed by atoms with van der Waals surface area (Å²) in [6.45, 7) is 4.62. The number of hydrogen-bond acceptors (Lipinski definition) is 4. The van der Waals surface area contributed by atoms with Crippen LogP contribution in [0.3, 0.4) is 0 Å². The molecule has 1 aromatic carbocycles. The number of nitrogens with two attached hydrogens (primary N) is 1. The van der Waals surface area contributed by atoms with Gasteiger partial charge in [0.05, 0.1) is 11.6 Å². The topological polar surface area (TPSA) is 47.6 Å². The summed E-state index contributed by atoms with van der Waals surface area (Å²) in [6, 6.07) is 6.76. The van der Waals surface area contributed by atoms with Gasteiger partial charge in [0.25, 0.3) is 0 Å². The average Bonchev–Trinajstić information content (AvgIpc) is 2.76. The predicted octanol–water partition coefficient (Wildman–Crippen LogP) is 5.73. The van der Waals surface area contributed by atoms with Gasteiger partial charge in [-0.05, 0) is 61.8 Å². The summed E-state index contributed by atoms with van der Waals surface area (Å²) in [5.41, 5.74) is 9.21. The summed E-state index contributed by atoms with van der Waals surface area (Å²) in [5.74, 6) is 0. The maximum absolute atomic E-state index is 6.38. The van der Waals surface area contributed by atoms with Crippen LogP contribution in [0.4, 0.5) is 0 Å². The van der Waals surface area contributed by atoms with Crippen LogP contribution in [0.1, 0.15) is 57.1 Å². The lowest BCUT2D eigenvalue weighted by atomic mass is 9.59. The second-order valence-corrected chi connectivity index (χ2v) is 11.5. The van der Waals surface area contributed by atoms with Crippen molar-refractivity contribution in [2.75, 3.05) is 0 Å². The Labute approximate surface area is 176 Å². The van der Waals surface area contributed by atoms with Gasteiger partial charge >= 0.3 is 0 Å². The van der Waals surface area contributed by atoms with Crippen LogP contribution in [-0.2, 0) is 15.0 Å². The van der Waals surface area contributed by atoms with E-state index < -0.39 is 0 Å². The van der Waals surface area contributed by atoms with Gasteiger partial charge in [-0.3, -0.25) is 4.99 Å². The van der Waals surface area contributed by atoms with Gasteiger partial charge in [-0.15, -0.1) is 0 Å². The Kier molecular flexibility index (Phi) is 4.74. The van der Waals surface area contributed by atoms with Gasteiger partial charge in [0.2, 0.25) is 0 Å². The SMILES string of the molecule is CC1(C)CC2(N=C(N)S1)c1cc(Br)ccc1CC21CCC(OI)CC1. The molecule has 1 unspecified atom stereocenters. The molecule has 2 N–H and O–H groups in total. The third kappa shape index (κ3) is 2.99. The van der Waals surface area contributed by atoms with Crippen LogP contribution >= 0.6 is 50.7 Å². The maximum Gasteiger partial charge on any atom is 0.155 e. The van der Waals surface area contributed by atoms with E-state index in [9.17, 15) is 0 Å². The highest BCUT2D eigenvalue weighted by Crippen LogP contribution is 2.65. The molecular formula is C19H24BrIN2OS. The van der Waals surface area contributed by atoms with Crippen LogP contribution in [0, 0.1) is 5.41 Å². The lowest BCUT2D eigenvalue weighted by Gasteiger charge is -2.52. The van der Waals surface area contributed by atoms with Crippen molar-refractivity contribution >= 4 is 55.9 Å². The smallest absolute Gasteiger partial charge is 0.155 e. The molecular weight excluding hydrogens is 511 g/mol. The Balaban J connectivity index is 1.87. The first-order valence-electron chi connectivity index (χ1n) is 8.90. The van der Waals surface area contributed by atoms with Gasteiger partial charge in [0, 0.05) is 14.6 Å². The minimum Gasteiger partial charge on any atom is -0.378 e. The summed E-state index contributed by atoms with van der Waals surface area (Å²) in [5, 5.41) is 0.746. The molecule has 1 aliphatic heterocycles. The van der Waals surface area contributed by atoms with Crippen LogP contribution < -0.4 is 5.73 Å². The molecule has 1 fully saturated rings. The highest BCUT2D eigenvalue weighted by Gasteiger charge is 2.61. The zero-order valence-electron chi connectivity index (χ0n) is 14.6. The molecule has 0 saturated heterocycles. The predicted molar refractivity (Wildman–Crippen MR) is 117 cm³/mol. The van der Waals surface area contributed by atoms with E-state index >= 15 is 0 Å². The van der Waals surface area contributed by atoms with Gasteiger partial charge < -0.3 is 8.80 Å². The molecule has 4 rings (SSSR count). The van der Waals surface area contributed by atoms with Crippen molar-refractivity contribution in [2.45, 2.75) is 68.8 Å². The van der Waals surface area contributed by atoms with E-state index in [-0.39, 0.29) is 15.7 Å². The number of aliphatic imine (C=N–C) groups is 1. The van der Waals surface area contributed by atoms with Gasteiger partial charge in [0.1, 0.15) is 23.0 Å². The summed E-state index contributed by atoms with van der Waals surface area (Å²) in [6.07, 6.45) is 7.08. The van der Waals surface area contributed by atoms with Crippen molar-refractivity contribution in [1.29, 1.82) is 0 Å². The molecule has 2 spiro atoms. The molecule has 3 nitrogen and oxygen atoms in total. The van der Waals surface area contributed by atoms with Crippen molar-refractivity contribution in [3.63, 3.8) is 0 Å². The monoisotopic (exact) mass is 534 g/mol. The largest absolute Gasteiger partial charge is 0.378 e. The second-order valence-electron chi connectivity index (χ2n) is 8.40. The van der Waals surface area contributed by atoms with E-state index in [1.165, 1.54) is 11.1 Å². The lowest BCUT2D eigenvalue weighted by molar-refractivity contribution is 0.0346. The van der Waals surface area contributed by atoms with E-state index in [4.69, 9.17) is 13.8 Å². The van der Waals surface area contributed by atoms with Gasteiger partial charge in [-0.2, -0.15) is 0 Å². The maximum atomic E-state index is 6.38. The van der Waals surface area contributed by atoms with Crippen LogP contribution in [0.2, 0.25) is 0 Å². The lowest BCUT2D eigenvalue weighted by Crippen LogP contribution is -2.51. The summed E-state index contributed by atoms with van der Waals surface area (Å²) in [7, 11) is 0. The minimum absolute atomic E-state index is 0.0966. The van der Waals surface area contributed by atoms with Gasteiger partial charge in [-0.25, -0.2) is 0 Å². The fourth-order valence-electron chi connectivity index (χ4n) is 5.35. The molecule has 25 heavy (non-hydrogen) atoms. The van der Waals surface area contributed by atoms with Crippen LogP contribution in [0.25, 0.3) is 0 Å². The van der Waals surface area contributed by atoms with Crippen molar-refractivity contribution in [3.8, 4) is 0 Å². The number of thioether (sulfide) groups is 1. The number of benzene rings is 1. The van der Waals surface area contributed by atoms with Crippen molar-refractivity contribution in [3.05, 3.63) is 33.8 Å². The molecule has 0 radical (unpaired) electrons. The summed E-state index contributed by atoms with van der Waals surface area (Å²) < 4.78 is 6.86. The molecule has 1 heterocycles. The highest BCUT2D eigenvalue weighted by atomic mass is 127. The Morgan fingerprint density at radius 1 is 1.32 bits per heavy atom. The van der Waals surface area contributed by atoms with Crippen molar-refractivity contribution in [1.82, 2.24) is 0 Å². The number of amidine groups is 1. The van der Waals surface area contributed by atoms with E-state index in [2.05, 4.69) is 71.0 Å². The van der Waals surface area contributed by atoms with Crippen LogP contribution in [0.5, 0.6) is 0 Å². The van der Waals surface area contributed by atoms with Gasteiger partial charge in [0.15, 0.2) is 5.17 Å². The summed E-state index contributed by atoms with van der Waals surface area (Å²) >= 11 is 7.47. The number of halogens is 2. The molecule has 136 valence electrons. The Morgan fingerprint density at radius 2 is 2.04 bits per heavy atom. The first kappa shape index (κ1) is 18.6. The first-order valence-corrected chi connectivity index (χ1v) is 11.4. The number of rotatable bonds is 1. The number of fused-ring (bicyclic) bond motifs is 3. The quantitative estimate of drug-likeness (QED) is 0.468. The summed E-state index contributed by atoms with van der Waals surface area (Å²) in [4.78, 5) is 5.21. The highest BCUT2D eigenvalue weighted by molar-refractivity contribution is 14.1. The molecule has 2 aliphatic carbocycles. The number of nitrogens with zero attached hydrogens (tertiary/aromatic N) is 1. The molecule has 1 atom stereocenters. The zero-order valence-corrected chi connectivity index (χ0v) is 19.2. The van der Waals surface area contributed by atoms with E-state index in [0.717, 1.165) is 48.2 Å². The van der Waals surface area contributed by atoms with E-state index in [0.29, 0.717) is 6.10 Å². The van der Waals surface area contributed by atoms with Crippen LogP contribution in [0.15, 0.2) is 27.7 Å². The third-order valence-electron chi connectivity index (χ3n) is 6.30. The van der Waals surface area contributed by atoms with Gasteiger partial charge in [-0.1, -0.05) is 47.6 Å². The number of hydrogen-bond donors (Lipinski definition) is 1. The van der Waals surface area contributed by atoms with E-state index in [1.54, 1.807) is 11.8 Å². The second kappa shape index (κ2) is 6.38. The minimum atomic E-state index is -0.193. The average molecular weight is 535 g/mol. The molecule has 0 bridgehead atoms. The Hall–Kier alpha value is 0.210. The van der Waals surface area contributed by atoms with Crippen molar-refractivity contribution < 1.29 is 3.07 Å². The molecule has 1 saturated carbocycles. The Morgan fingerprint density at radius 3 is 2.68 bits per heavy atom. The van der Waals surface area contributed by atoms with Crippen molar-refractivity contribution in [2.24, 2.45) is 16.1 Å². The third-order valence-corrected chi connectivity index (χ3v) is 8.51. The molecule has 0 amide bonds. The molecule has 6 heteroatoms. The first-order chi connectivity index (χ1) is 11.8. The molecule has 0 aromatic heterocycles. The Bertz CT molecular complexity index is 730. The normalized spacial score (nSPS) is 36.5. The van der Waals surface area contributed by atoms with Crippen LogP contribution in [-0.4, -0.2) is 16.0 Å².